The van der Waals surface area contributed by atoms with Crippen LogP contribution in [0.4, 0.5) is 5.69 Å². The molecule has 0 radical (unpaired) electrons. The molecule has 2 fully saturated rings. The molecule has 1 saturated carbocycles. The Bertz CT molecular complexity index is 528. The van der Waals surface area contributed by atoms with Gasteiger partial charge in [0.2, 0.25) is 0 Å². The SMILES string of the molecule is Cc1ccc(C(N)=O)c(N2C[C@H]3CCC(N)C[C@H]3C2)c1. The van der Waals surface area contributed by atoms with Crippen molar-refractivity contribution in [3.05, 3.63) is 29.3 Å². The Labute approximate surface area is 120 Å². The topological polar surface area (TPSA) is 72.4 Å². The van der Waals surface area contributed by atoms with E-state index in [0.717, 1.165) is 43.1 Å². The Morgan fingerprint density at radius 2 is 2.00 bits per heavy atom. The molecule has 0 bridgehead atoms. The quantitative estimate of drug-likeness (QED) is 0.860. The van der Waals surface area contributed by atoms with E-state index in [-0.39, 0.29) is 5.91 Å². The van der Waals surface area contributed by atoms with E-state index in [0.29, 0.717) is 17.5 Å². The summed E-state index contributed by atoms with van der Waals surface area (Å²) in [7, 11) is 0. The highest BCUT2D eigenvalue weighted by Gasteiger charge is 2.37. The molecule has 0 aromatic heterocycles. The molecule has 20 heavy (non-hydrogen) atoms. The number of hydrogen-bond donors (Lipinski definition) is 2. The Morgan fingerprint density at radius 3 is 2.75 bits per heavy atom. The van der Waals surface area contributed by atoms with Gasteiger partial charge in [0, 0.05) is 24.8 Å². The van der Waals surface area contributed by atoms with Gasteiger partial charge in [-0.05, 0) is 55.7 Å². The summed E-state index contributed by atoms with van der Waals surface area (Å²) < 4.78 is 0. The largest absolute Gasteiger partial charge is 0.370 e. The first kappa shape index (κ1) is 13.4. The highest BCUT2D eigenvalue weighted by atomic mass is 16.1. The van der Waals surface area contributed by atoms with Gasteiger partial charge in [-0.25, -0.2) is 0 Å². The van der Waals surface area contributed by atoms with Gasteiger partial charge >= 0.3 is 0 Å². The van der Waals surface area contributed by atoms with Crippen LogP contribution in [0.15, 0.2) is 18.2 Å². The number of nitrogens with zero attached hydrogens (tertiary/aromatic N) is 1. The van der Waals surface area contributed by atoms with Crippen molar-refractivity contribution in [2.75, 3.05) is 18.0 Å². The lowest BCUT2D eigenvalue weighted by Crippen LogP contribution is -2.32. The zero-order valence-electron chi connectivity index (χ0n) is 12.0. The van der Waals surface area contributed by atoms with E-state index in [2.05, 4.69) is 11.0 Å². The van der Waals surface area contributed by atoms with Gasteiger partial charge in [-0.1, -0.05) is 6.07 Å². The monoisotopic (exact) mass is 273 g/mol. The van der Waals surface area contributed by atoms with E-state index < -0.39 is 0 Å². The molecule has 1 heterocycles. The van der Waals surface area contributed by atoms with Crippen LogP contribution in [-0.4, -0.2) is 25.0 Å². The molecule has 0 spiro atoms. The van der Waals surface area contributed by atoms with E-state index >= 15 is 0 Å². The minimum absolute atomic E-state index is 0.341. The third kappa shape index (κ3) is 2.40. The molecule has 1 aromatic carbocycles. The summed E-state index contributed by atoms with van der Waals surface area (Å²) in [6.07, 6.45) is 3.45. The minimum Gasteiger partial charge on any atom is -0.370 e. The summed E-state index contributed by atoms with van der Waals surface area (Å²) in [6, 6.07) is 6.23. The summed E-state index contributed by atoms with van der Waals surface area (Å²) in [5.74, 6) is 1.04. The van der Waals surface area contributed by atoms with Crippen molar-refractivity contribution in [2.45, 2.75) is 32.2 Å². The second kappa shape index (κ2) is 5.09. The first-order chi connectivity index (χ1) is 9.54. The third-order valence-corrected chi connectivity index (χ3v) is 4.85. The number of aryl methyl sites for hydroxylation is 1. The number of anilines is 1. The van der Waals surface area contributed by atoms with Crippen molar-refractivity contribution in [1.29, 1.82) is 0 Å². The minimum atomic E-state index is -0.341. The highest BCUT2D eigenvalue weighted by molar-refractivity contribution is 5.98. The molecule has 4 heteroatoms. The van der Waals surface area contributed by atoms with Gasteiger partial charge in [-0.15, -0.1) is 0 Å². The molecule has 3 rings (SSSR count). The average Bonchev–Trinajstić information content (AvgIpc) is 2.81. The van der Waals surface area contributed by atoms with Crippen LogP contribution in [0.5, 0.6) is 0 Å². The normalized spacial score (nSPS) is 29.3. The summed E-state index contributed by atoms with van der Waals surface area (Å²) in [5, 5.41) is 0. The molecular weight excluding hydrogens is 250 g/mol. The molecule has 1 aromatic rings. The predicted molar refractivity (Wildman–Crippen MR) is 80.7 cm³/mol. The number of primary amides is 1. The summed E-state index contributed by atoms with van der Waals surface area (Å²) in [4.78, 5) is 14.0. The average molecular weight is 273 g/mol. The fourth-order valence-electron chi connectivity index (χ4n) is 3.78. The fourth-order valence-corrected chi connectivity index (χ4v) is 3.78. The number of carbonyl (C=O) groups excluding carboxylic acids is 1. The van der Waals surface area contributed by atoms with Crippen LogP contribution in [0.2, 0.25) is 0 Å². The number of hydrogen-bond acceptors (Lipinski definition) is 3. The van der Waals surface area contributed by atoms with Crippen molar-refractivity contribution in [3.8, 4) is 0 Å². The Kier molecular flexibility index (Phi) is 3.42. The van der Waals surface area contributed by atoms with Gasteiger partial charge < -0.3 is 16.4 Å². The first-order valence-corrected chi connectivity index (χ1v) is 7.45. The van der Waals surface area contributed by atoms with Crippen molar-refractivity contribution in [2.24, 2.45) is 23.3 Å². The van der Waals surface area contributed by atoms with Crippen molar-refractivity contribution < 1.29 is 4.79 Å². The van der Waals surface area contributed by atoms with Gasteiger partial charge in [-0.2, -0.15) is 0 Å². The standard InChI is InChI=1S/C16H23N3O/c1-10-2-5-14(16(18)20)15(6-10)19-8-11-3-4-13(17)7-12(11)9-19/h2,5-6,11-13H,3-4,7-9,17H2,1H3,(H2,18,20)/t11-,12+,13?/m1/s1. The Hall–Kier alpha value is -1.55. The smallest absolute Gasteiger partial charge is 0.250 e. The van der Waals surface area contributed by atoms with Gasteiger partial charge in [0.25, 0.3) is 5.91 Å². The predicted octanol–water partition coefficient (Wildman–Crippen LogP) is 1.66. The molecule has 1 unspecified atom stereocenters. The van der Waals surface area contributed by atoms with Crippen LogP contribution >= 0.6 is 0 Å². The molecule has 4 N–H and O–H groups in total. The van der Waals surface area contributed by atoms with Gasteiger partial charge in [-0.3, -0.25) is 4.79 Å². The molecular formula is C16H23N3O. The highest BCUT2D eigenvalue weighted by Crippen LogP contribution is 2.38. The second-order valence-electron chi connectivity index (χ2n) is 6.38. The summed E-state index contributed by atoms with van der Waals surface area (Å²) >= 11 is 0. The van der Waals surface area contributed by atoms with E-state index in [1.54, 1.807) is 0 Å². The van der Waals surface area contributed by atoms with Crippen LogP contribution < -0.4 is 16.4 Å². The van der Waals surface area contributed by atoms with E-state index in [1.165, 1.54) is 6.42 Å². The Balaban J connectivity index is 1.87. The number of nitrogens with two attached hydrogens (primary N) is 2. The second-order valence-corrected chi connectivity index (χ2v) is 6.38. The maximum absolute atomic E-state index is 11.6. The van der Waals surface area contributed by atoms with Gasteiger partial charge in [0.15, 0.2) is 0 Å². The number of rotatable bonds is 2. The van der Waals surface area contributed by atoms with Crippen LogP contribution in [0.1, 0.15) is 35.2 Å². The van der Waals surface area contributed by atoms with Crippen LogP contribution in [0.25, 0.3) is 0 Å². The van der Waals surface area contributed by atoms with Crippen molar-refractivity contribution >= 4 is 11.6 Å². The van der Waals surface area contributed by atoms with E-state index in [9.17, 15) is 4.79 Å². The van der Waals surface area contributed by atoms with Crippen molar-refractivity contribution in [3.63, 3.8) is 0 Å². The number of carbonyl (C=O) groups is 1. The maximum atomic E-state index is 11.6. The van der Waals surface area contributed by atoms with Crippen molar-refractivity contribution in [1.82, 2.24) is 0 Å². The number of benzene rings is 1. The van der Waals surface area contributed by atoms with Crippen LogP contribution in [0, 0.1) is 18.8 Å². The Morgan fingerprint density at radius 1 is 1.25 bits per heavy atom. The molecule has 4 nitrogen and oxygen atoms in total. The maximum Gasteiger partial charge on any atom is 0.250 e. The number of amides is 1. The zero-order valence-corrected chi connectivity index (χ0v) is 12.0. The number of fused-ring (bicyclic) bond motifs is 1. The molecule has 108 valence electrons. The molecule has 1 aliphatic heterocycles. The third-order valence-electron chi connectivity index (χ3n) is 4.85. The molecule has 1 amide bonds. The lowest BCUT2D eigenvalue weighted by molar-refractivity contribution is 0.100. The zero-order chi connectivity index (χ0) is 14.3. The van der Waals surface area contributed by atoms with Gasteiger partial charge in [0.05, 0.1) is 5.56 Å². The molecule has 1 aliphatic carbocycles. The first-order valence-electron chi connectivity index (χ1n) is 7.45. The lowest BCUT2D eigenvalue weighted by Gasteiger charge is -2.27. The molecule has 2 aliphatic rings. The lowest BCUT2D eigenvalue weighted by atomic mass is 9.79. The summed E-state index contributed by atoms with van der Waals surface area (Å²) in [5.41, 5.74) is 14.4. The molecule has 1 saturated heterocycles. The van der Waals surface area contributed by atoms with E-state index in [4.69, 9.17) is 11.5 Å². The fraction of sp³-hybridized carbons (Fsp3) is 0.562. The van der Waals surface area contributed by atoms with Gasteiger partial charge in [0.1, 0.15) is 0 Å². The van der Waals surface area contributed by atoms with Crippen LogP contribution in [0.3, 0.4) is 0 Å². The van der Waals surface area contributed by atoms with Crippen LogP contribution in [-0.2, 0) is 0 Å². The van der Waals surface area contributed by atoms with E-state index in [1.807, 2.05) is 19.1 Å². The summed E-state index contributed by atoms with van der Waals surface area (Å²) in [6.45, 7) is 4.08. The molecule has 3 atom stereocenters.